The van der Waals surface area contributed by atoms with Gasteiger partial charge in [0.05, 0.1) is 5.02 Å². The van der Waals surface area contributed by atoms with Gasteiger partial charge in [-0.25, -0.2) is 13.1 Å². The van der Waals surface area contributed by atoms with Crippen LogP contribution in [0.15, 0.2) is 41.3 Å². The first-order valence-corrected chi connectivity index (χ1v) is 8.67. The van der Waals surface area contributed by atoms with Crippen molar-refractivity contribution in [1.82, 2.24) is 4.72 Å². The molecule has 0 aliphatic rings. The second-order valence-corrected chi connectivity index (χ2v) is 7.63. The lowest BCUT2D eigenvalue weighted by Gasteiger charge is -2.09. The summed E-state index contributed by atoms with van der Waals surface area (Å²) >= 11 is 23.4. The van der Waals surface area contributed by atoms with Crippen molar-refractivity contribution in [3.8, 4) is 0 Å². The van der Waals surface area contributed by atoms with E-state index in [2.05, 4.69) is 4.72 Å². The highest BCUT2D eigenvalue weighted by molar-refractivity contribution is 7.89. The topological polar surface area (TPSA) is 46.2 Å². The summed E-state index contributed by atoms with van der Waals surface area (Å²) in [6.45, 7) is 0.0332. The Morgan fingerprint density at radius 1 is 0.857 bits per heavy atom. The fourth-order valence-corrected chi connectivity index (χ4v) is 4.00. The van der Waals surface area contributed by atoms with Crippen LogP contribution in [-0.2, 0) is 16.6 Å². The first kappa shape index (κ1) is 16.9. The Morgan fingerprint density at radius 2 is 1.48 bits per heavy atom. The summed E-state index contributed by atoms with van der Waals surface area (Å²) in [4.78, 5) is -0.0789. The molecule has 21 heavy (non-hydrogen) atoms. The number of hydrogen-bond acceptors (Lipinski definition) is 2. The molecule has 0 saturated heterocycles. The van der Waals surface area contributed by atoms with Gasteiger partial charge in [-0.1, -0.05) is 46.4 Å². The Kier molecular flexibility index (Phi) is 5.41. The van der Waals surface area contributed by atoms with Crippen LogP contribution in [0.25, 0.3) is 0 Å². The van der Waals surface area contributed by atoms with Crippen LogP contribution in [0, 0.1) is 0 Å². The summed E-state index contributed by atoms with van der Waals surface area (Å²) in [5.74, 6) is 0. The van der Waals surface area contributed by atoms with Crippen LogP contribution in [0.3, 0.4) is 0 Å². The maximum absolute atomic E-state index is 12.2. The zero-order valence-electron chi connectivity index (χ0n) is 10.4. The average molecular weight is 385 g/mol. The smallest absolute Gasteiger partial charge is 0.207 e. The van der Waals surface area contributed by atoms with Gasteiger partial charge in [0.15, 0.2) is 0 Å². The summed E-state index contributed by atoms with van der Waals surface area (Å²) in [6, 6.07) is 9.03. The highest BCUT2D eigenvalue weighted by atomic mass is 35.5. The Bertz CT molecular complexity index is 757. The van der Waals surface area contributed by atoms with Gasteiger partial charge in [-0.2, -0.15) is 0 Å². The second kappa shape index (κ2) is 6.73. The third-order valence-electron chi connectivity index (χ3n) is 2.57. The molecule has 0 saturated carbocycles. The van der Waals surface area contributed by atoms with Crippen LogP contribution in [0.5, 0.6) is 0 Å². The van der Waals surface area contributed by atoms with Gasteiger partial charge in [-0.15, -0.1) is 0 Å². The maximum Gasteiger partial charge on any atom is 0.242 e. The zero-order chi connectivity index (χ0) is 15.6. The fourth-order valence-electron chi connectivity index (χ4n) is 1.65. The van der Waals surface area contributed by atoms with Crippen LogP contribution in [0.1, 0.15) is 5.56 Å². The van der Waals surface area contributed by atoms with Gasteiger partial charge in [0.1, 0.15) is 4.90 Å². The van der Waals surface area contributed by atoms with E-state index < -0.39 is 10.0 Å². The number of halogens is 4. The van der Waals surface area contributed by atoms with E-state index in [0.717, 1.165) is 0 Å². The van der Waals surface area contributed by atoms with E-state index in [0.29, 0.717) is 15.6 Å². The first-order chi connectivity index (χ1) is 9.78. The molecule has 2 aromatic rings. The van der Waals surface area contributed by atoms with Gasteiger partial charge in [0, 0.05) is 21.6 Å². The van der Waals surface area contributed by atoms with Crippen molar-refractivity contribution in [2.24, 2.45) is 0 Å². The molecule has 0 fully saturated rings. The highest BCUT2D eigenvalue weighted by Gasteiger charge is 2.18. The summed E-state index contributed by atoms with van der Waals surface area (Å²) < 4.78 is 26.9. The molecule has 0 unspecified atom stereocenters. The molecule has 0 bridgehead atoms. The third kappa shape index (κ3) is 4.49. The average Bonchev–Trinajstić information content (AvgIpc) is 2.38. The molecule has 8 heteroatoms. The SMILES string of the molecule is O=S(=O)(NCc1cc(Cl)cc(Cl)c1)c1cc(Cl)ccc1Cl. The van der Waals surface area contributed by atoms with Gasteiger partial charge in [0.25, 0.3) is 0 Å². The molecule has 0 atom stereocenters. The first-order valence-electron chi connectivity index (χ1n) is 5.67. The molecule has 0 aliphatic carbocycles. The number of nitrogens with one attached hydrogen (secondary N) is 1. The number of sulfonamides is 1. The molecule has 0 aromatic heterocycles. The molecule has 0 amide bonds. The second-order valence-electron chi connectivity index (χ2n) is 4.18. The molecule has 112 valence electrons. The minimum Gasteiger partial charge on any atom is -0.207 e. The monoisotopic (exact) mass is 383 g/mol. The molecule has 0 aliphatic heterocycles. The Balaban J connectivity index is 2.23. The Hall–Kier alpha value is -0.490. The molecule has 0 spiro atoms. The minimum absolute atomic E-state index is 0.0332. The van der Waals surface area contributed by atoms with E-state index >= 15 is 0 Å². The minimum atomic E-state index is -3.79. The van der Waals surface area contributed by atoms with Crippen molar-refractivity contribution in [3.63, 3.8) is 0 Å². The molecule has 1 N–H and O–H groups in total. The van der Waals surface area contributed by atoms with E-state index in [1.165, 1.54) is 18.2 Å². The van der Waals surface area contributed by atoms with E-state index in [-0.39, 0.29) is 21.5 Å². The van der Waals surface area contributed by atoms with Crippen molar-refractivity contribution in [1.29, 1.82) is 0 Å². The van der Waals surface area contributed by atoms with Crippen molar-refractivity contribution in [2.45, 2.75) is 11.4 Å². The zero-order valence-corrected chi connectivity index (χ0v) is 14.2. The lowest BCUT2D eigenvalue weighted by atomic mass is 10.2. The summed E-state index contributed by atoms with van der Waals surface area (Å²) in [5, 5.41) is 1.23. The van der Waals surface area contributed by atoms with Crippen LogP contribution in [0.4, 0.5) is 0 Å². The Morgan fingerprint density at radius 3 is 2.10 bits per heavy atom. The summed E-state index contributed by atoms with van der Waals surface area (Å²) in [7, 11) is -3.79. The van der Waals surface area contributed by atoms with Crippen LogP contribution in [0.2, 0.25) is 20.1 Å². The molecule has 3 nitrogen and oxygen atoms in total. The lowest BCUT2D eigenvalue weighted by Crippen LogP contribution is -2.23. The summed E-state index contributed by atoms with van der Waals surface area (Å²) in [6.07, 6.45) is 0. The summed E-state index contributed by atoms with van der Waals surface area (Å²) in [5.41, 5.74) is 0.634. The molecule has 0 radical (unpaired) electrons. The van der Waals surface area contributed by atoms with E-state index in [1.54, 1.807) is 18.2 Å². The Labute approximate surface area is 142 Å². The van der Waals surface area contributed by atoms with E-state index in [9.17, 15) is 8.42 Å². The number of rotatable bonds is 4. The van der Waals surface area contributed by atoms with Crippen LogP contribution in [-0.4, -0.2) is 8.42 Å². The van der Waals surface area contributed by atoms with E-state index in [4.69, 9.17) is 46.4 Å². The van der Waals surface area contributed by atoms with Gasteiger partial charge in [-0.05, 0) is 42.0 Å². The van der Waals surface area contributed by atoms with E-state index in [1.807, 2.05) is 0 Å². The predicted octanol–water partition coefficient (Wildman–Crippen LogP) is 4.78. The largest absolute Gasteiger partial charge is 0.242 e. The lowest BCUT2D eigenvalue weighted by molar-refractivity contribution is 0.581. The fraction of sp³-hybridized carbons (Fsp3) is 0.0769. The predicted molar refractivity (Wildman–Crippen MR) is 86.9 cm³/mol. The van der Waals surface area contributed by atoms with Crippen molar-refractivity contribution in [3.05, 3.63) is 62.1 Å². The highest BCUT2D eigenvalue weighted by Crippen LogP contribution is 2.25. The van der Waals surface area contributed by atoms with Crippen LogP contribution >= 0.6 is 46.4 Å². The molecule has 0 heterocycles. The van der Waals surface area contributed by atoms with Crippen LogP contribution < -0.4 is 4.72 Å². The standard InChI is InChI=1S/C13H9Cl4NO2S/c14-9-1-2-12(17)13(6-9)21(19,20)18-7-8-3-10(15)5-11(16)4-8/h1-6,18H,7H2. The van der Waals surface area contributed by atoms with Gasteiger partial charge < -0.3 is 0 Å². The van der Waals surface area contributed by atoms with Crippen molar-refractivity contribution >= 4 is 56.4 Å². The number of hydrogen-bond donors (Lipinski definition) is 1. The maximum atomic E-state index is 12.2. The number of benzene rings is 2. The molecule has 2 aromatic carbocycles. The molecular formula is C13H9Cl4NO2S. The molecule has 2 rings (SSSR count). The van der Waals surface area contributed by atoms with Gasteiger partial charge in [-0.3, -0.25) is 0 Å². The quantitative estimate of drug-likeness (QED) is 0.824. The van der Waals surface area contributed by atoms with Gasteiger partial charge >= 0.3 is 0 Å². The van der Waals surface area contributed by atoms with Gasteiger partial charge in [0.2, 0.25) is 10.0 Å². The third-order valence-corrected chi connectivity index (χ3v) is 5.13. The molecular weight excluding hydrogens is 376 g/mol. The van der Waals surface area contributed by atoms with Crippen molar-refractivity contribution in [2.75, 3.05) is 0 Å². The normalized spacial score (nSPS) is 11.6. The van der Waals surface area contributed by atoms with Crippen molar-refractivity contribution < 1.29 is 8.42 Å².